The lowest BCUT2D eigenvalue weighted by molar-refractivity contribution is 0.851. The Balaban J connectivity index is 1.64. The van der Waals surface area contributed by atoms with Crippen molar-refractivity contribution in [1.82, 2.24) is 0 Å². The summed E-state index contributed by atoms with van der Waals surface area (Å²) in [6.07, 6.45) is 21.8. The van der Waals surface area contributed by atoms with Gasteiger partial charge in [0.05, 0.1) is 0 Å². The minimum absolute atomic E-state index is 0.949. The topological polar surface area (TPSA) is 0 Å². The molecule has 0 fully saturated rings. The Morgan fingerprint density at radius 1 is 0.909 bits per heavy atom. The van der Waals surface area contributed by atoms with Crippen molar-refractivity contribution in [3.05, 3.63) is 143 Å². The number of hydrogen-bond donors (Lipinski definition) is 0. The highest BCUT2D eigenvalue weighted by Crippen LogP contribution is 2.44. The first-order chi connectivity index (χ1) is 21.5. The van der Waals surface area contributed by atoms with E-state index in [9.17, 15) is 0 Å². The summed E-state index contributed by atoms with van der Waals surface area (Å²) in [4.78, 5) is 0. The van der Waals surface area contributed by atoms with Gasteiger partial charge in [-0.2, -0.15) is 0 Å². The van der Waals surface area contributed by atoms with Crippen LogP contribution in [-0.2, 0) is 12.8 Å². The number of unbranched alkanes of at least 4 members (excludes halogenated alkanes) is 1. The van der Waals surface area contributed by atoms with Gasteiger partial charge in [0.15, 0.2) is 0 Å². The van der Waals surface area contributed by atoms with Gasteiger partial charge < -0.3 is 0 Å². The third-order valence-corrected chi connectivity index (χ3v) is 8.69. The molecule has 0 nitrogen and oxygen atoms in total. The Hall–Kier alpha value is -4.60. The van der Waals surface area contributed by atoms with Gasteiger partial charge in [0, 0.05) is 6.42 Å². The second kappa shape index (κ2) is 14.7. The SMILES string of the molecule is C=C(/C=C\C(C)=C/C)/C=C/c1cccc(-c2c3c(c(-c4ccc(C)c(CCCC#CC)c4)c4ccccc24)C=CCCC3)c1. The number of benzene rings is 4. The molecule has 0 bridgehead atoms. The maximum absolute atomic E-state index is 4.23. The minimum Gasteiger partial charge on any atom is -0.107 e. The van der Waals surface area contributed by atoms with Crippen molar-refractivity contribution in [1.29, 1.82) is 0 Å². The molecular weight excluding hydrogens is 528 g/mol. The fourth-order valence-electron chi connectivity index (χ4n) is 6.17. The molecule has 4 aromatic carbocycles. The Morgan fingerprint density at radius 2 is 1.70 bits per heavy atom. The van der Waals surface area contributed by atoms with Gasteiger partial charge in [-0.15, -0.1) is 11.8 Å². The second-order valence-electron chi connectivity index (χ2n) is 11.8. The van der Waals surface area contributed by atoms with E-state index < -0.39 is 0 Å². The van der Waals surface area contributed by atoms with E-state index in [1.807, 2.05) is 6.92 Å². The predicted octanol–water partition coefficient (Wildman–Crippen LogP) is 12.3. The van der Waals surface area contributed by atoms with Crippen molar-refractivity contribution in [3.63, 3.8) is 0 Å². The molecule has 4 aromatic rings. The van der Waals surface area contributed by atoms with Crippen LogP contribution in [0.2, 0.25) is 0 Å². The van der Waals surface area contributed by atoms with Gasteiger partial charge in [0.2, 0.25) is 0 Å². The number of rotatable bonds is 9. The van der Waals surface area contributed by atoms with Crippen LogP contribution in [0.25, 0.3) is 45.2 Å². The molecule has 1 aliphatic rings. The van der Waals surface area contributed by atoms with E-state index in [2.05, 4.69) is 148 Å². The highest BCUT2D eigenvalue weighted by molar-refractivity contribution is 6.10. The molecule has 0 amide bonds. The molecule has 0 aliphatic heterocycles. The number of fused-ring (bicyclic) bond motifs is 2. The zero-order valence-corrected chi connectivity index (χ0v) is 26.8. The standard InChI is InChI=1S/C44H44/c1-6-8-9-11-18-36-31-38(29-27-34(36)5)44-40-21-13-10-12-20-39(40)43(41-22-14-15-23-42(41)44)37-19-16-17-35(30-37)28-26-33(4)25-24-32(3)7-2/h7,13-17,19,21-31H,4,9-12,18,20H2,1-3,5H3/b25-24-,28-26+,32-7-. The van der Waals surface area contributed by atoms with Crippen molar-refractivity contribution >= 4 is 22.9 Å². The van der Waals surface area contributed by atoms with E-state index in [4.69, 9.17) is 0 Å². The summed E-state index contributed by atoms with van der Waals surface area (Å²) in [7, 11) is 0. The summed E-state index contributed by atoms with van der Waals surface area (Å²) in [5.41, 5.74) is 14.3. The van der Waals surface area contributed by atoms with Crippen LogP contribution in [0.5, 0.6) is 0 Å². The third kappa shape index (κ3) is 7.12. The summed E-state index contributed by atoms with van der Waals surface area (Å²) in [6, 6.07) is 25.1. The number of aryl methyl sites for hydroxylation is 2. The smallest absolute Gasteiger partial charge is 0.00917 e. The van der Waals surface area contributed by atoms with Crippen LogP contribution in [0, 0.1) is 18.8 Å². The average Bonchev–Trinajstić information content (AvgIpc) is 3.30. The van der Waals surface area contributed by atoms with Crippen LogP contribution in [-0.4, -0.2) is 0 Å². The number of hydrogen-bond acceptors (Lipinski definition) is 0. The largest absolute Gasteiger partial charge is 0.107 e. The minimum atomic E-state index is 0.949. The fourth-order valence-corrected chi connectivity index (χ4v) is 6.17. The molecule has 0 unspecified atom stereocenters. The second-order valence-corrected chi connectivity index (χ2v) is 11.8. The van der Waals surface area contributed by atoms with Crippen molar-refractivity contribution in [2.75, 3.05) is 0 Å². The van der Waals surface area contributed by atoms with Crippen molar-refractivity contribution in [3.8, 4) is 34.1 Å². The summed E-state index contributed by atoms with van der Waals surface area (Å²) in [5.74, 6) is 6.28. The van der Waals surface area contributed by atoms with Gasteiger partial charge in [0.1, 0.15) is 0 Å². The first-order valence-electron chi connectivity index (χ1n) is 16.0. The van der Waals surface area contributed by atoms with E-state index in [0.29, 0.717) is 0 Å². The highest BCUT2D eigenvalue weighted by Gasteiger charge is 2.21. The van der Waals surface area contributed by atoms with Gasteiger partial charge in [-0.05, 0) is 132 Å². The lowest BCUT2D eigenvalue weighted by Crippen LogP contribution is -2.00. The maximum atomic E-state index is 4.23. The molecule has 44 heavy (non-hydrogen) atoms. The molecule has 5 rings (SSSR count). The Morgan fingerprint density at radius 3 is 2.50 bits per heavy atom. The van der Waals surface area contributed by atoms with Gasteiger partial charge in [-0.3, -0.25) is 0 Å². The molecule has 0 heteroatoms. The highest BCUT2D eigenvalue weighted by atomic mass is 14.2. The zero-order valence-electron chi connectivity index (χ0n) is 26.8. The van der Waals surface area contributed by atoms with Gasteiger partial charge in [-0.1, -0.05) is 115 Å². The summed E-state index contributed by atoms with van der Waals surface area (Å²) in [5, 5.41) is 2.64. The van der Waals surface area contributed by atoms with Gasteiger partial charge >= 0.3 is 0 Å². The first-order valence-corrected chi connectivity index (χ1v) is 16.0. The van der Waals surface area contributed by atoms with Crippen LogP contribution in [0.3, 0.4) is 0 Å². The van der Waals surface area contributed by atoms with E-state index in [1.165, 1.54) is 66.4 Å². The molecule has 0 saturated carbocycles. The lowest BCUT2D eigenvalue weighted by Gasteiger charge is -2.22. The molecule has 220 valence electrons. The molecular formula is C44H44. The average molecular weight is 573 g/mol. The van der Waals surface area contributed by atoms with Gasteiger partial charge in [-0.25, -0.2) is 0 Å². The maximum Gasteiger partial charge on any atom is 0.00917 e. The molecule has 0 saturated heterocycles. The third-order valence-electron chi connectivity index (χ3n) is 8.69. The summed E-state index contributed by atoms with van der Waals surface area (Å²) in [6.45, 7) is 12.6. The summed E-state index contributed by atoms with van der Waals surface area (Å²) >= 11 is 0. The molecule has 0 aromatic heterocycles. The molecule has 0 heterocycles. The van der Waals surface area contributed by atoms with Crippen molar-refractivity contribution < 1.29 is 0 Å². The molecule has 1 aliphatic carbocycles. The van der Waals surface area contributed by atoms with E-state index in [-0.39, 0.29) is 0 Å². The number of allylic oxidation sites excluding steroid dienone is 7. The Bertz CT molecular complexity index is 1860. The van der Waals surface area contributed by atoms with Crippen LogP contribution >= 0.6 is 0 Å². The van der Waals surface area contributed by atoms with E-state index >= 15 is 0 Å². The zero-order chi connectivity index (χ0) is 30.9. The van der Waals surface area contributed by atoms with Crippen LogP contribution in [0.4, 0.5) is 0 Å². The molecule has 0 N–H and O–H groups in total. The van der Waals surface area contributed by atoms with E-state index in [1.54, 1.807) is 0 Å². The van der Waals surface area contributed by atoms with Gasteiger partial charge in [0.25, 0.3) is 0 Å². The Labute approximate surface area is 265 Å². The van der Waals surface area contributed by atoms with E-state index in [0.717, 1.165) is 44.1 Å². The molecule has 0 spiro atoms. The van der Waals surface area contributed by atoms with Crippen LogP contribution < -0.4 is 0 Å². The monoisotopic (exact) mass is 572 g/mol. The first kappa shape index (κ1) is 30.8. The fraction of sp³-hybridized carbons (Fsp3) is 0.227. The quantitative estimate of drug-likeness (QED) is 0.106. The van der Waals surface area contributed by atoms with Crippen LogP contribution in [0.15, 0.2) is 115 Å². The molecule has 0 atom stereocenters. The molecule has 0 radical (unpaired) electrons. The summed E-state index contributed by atoms with van der Waals surface area (Å²) < 4.78 is 0. The van der Waals surface area contributed by atoms with Crippen molar-refractivity contribution in [2.45, 2.75) is 66.2 Å². The van der Waals surface area contributed by atoms with Crippen LogP contribution in [0.1, 0.15) is 74.3 Å². The Kier molecular flexibility index (Phi) is 10.3. The normalized spacial score (nSPS) is 13.2. The lowest BCUT2D eigenvalue weighted by atomic mass is 9.81. The predicted molar refractivity (Wildman–Crippen MR) is 195 cm³/mol. The van der Waals surface area contributed by atoms with Crippen molar-refractivity contribution in [2.24, 2.45) is 0 Å².